The van der Waals surface area contributed by atoms with Crippen molar-refractivity contribution in [2.24, 2.45) is 0 Å². The van der Waals surface area contributed by atoms with E-state index in [0.717, 1.165) is 28.2 Å². The minimum atomic E-state index is -0.760. The molecule has 0 spiro atoms. The summed E-state index contributed by atoms with van der Waals surface area (Å²) in [5.41, 5.74) is 4.10. The van der Waals surface area contributed by atoms with Gasteiger partial charge in [0.1, 0.15) is 5.82 Å². The number of rotatable bonds is 4. The molecule has 1 aromatic heterocycles. The minimum Gasteiger partial charge on any atom is -0.434 e. The Morgan fingerprint density at radius 3 is 2.27 bits per heavy atom. The molecule has 5 heteroatoms. The van der Waals surface area contributed by atoms with E-state index in [9.17, 15) is 9.18 Å². The molecular formula is C21H20FNO3. The molecule has 134 valence electrons. The predicted octanol–water partition coefficient (Wildman–Crippen LogP) is 5.44. The first-order valence-corrected chi connectivity index (χ1v) is 8.40. The zero-order valence-corrected chi connectivity index (χ0v) is 15.0. The zero-order valence-electron chi connectivity index (χ0n) is 15.0. The largest absolute Gasteiger partial charge is 0.513 e. The summed E-state index contributed by atoms with van der Waals surface area (Å²) in [7, 11) is 0. The third-order valence-electron chi connectivity index (χ3n) is 4.18. The van der Waals surface area contributed by atoms with Crippen LogP contribution in [0.25, 0.3) is 16.8 Å². The van der Waals surface area contributed by atoms with E-state index in [2.05, 4.69) is 0 Å². The van der Waals surface area contributed by atoms with Crippen LogP contribution in [0.1, 0.15) is 18.3 Å². The van der Waals surface area contributed by atoms with E-state index in [1.54, 1.807) is 19.1 Å². The number of hydrogen-bond donors (Lipinski definition) is 0. The first-order valence-electron chi connectivity index (χ1n) is 8.40. The fourth-order valence-corrected chi connectivity index (χ4v) is 3.09. The van der Waals surface area contributed by atoms with Crippen LogP contribution in [-0.4, -0.2) is 17.3 Å². The molecule has 0 fully saturated rings. The van der Waals surface area contributed by atoms with Gasteiger partial charge in [-0.1, -0.05) is 30.3 Å². The molecule has 3 rings (SSSR count). The predicted molar refractivity (Wildman–Crippen MR) is 98.3 cm³/mol. The van der Waals surface area contributed by atoms with Gasteiger partial charge in [-0.15, -0.1) is 0 Å². The van der Waals surface area contributed by atoms with Gasteiger partial charge in [-0.25, -0.2) is 9.18 Å². The number of benzene rings is 2. The van der Waals surface area contributed by atoms with Crippen LogP contribution in [0.3, 0.4) is 0 Å². The number of carbonyl (C=O) groups excluding carboxylic acids is 1. The van der Waals surface area contributed by atoms with E-state index < -0.39 is 6.16 Å². The summed E-state index contributed by atoms with van der Waals surface area (Å²) >= 11 is 0. The highest BCUT2D eigenvalue weighted by atomic mass is 19.1. The van der Waals surface area contributed by atoms with Gasteiger partial charge >= 0.3 is 6.16 Å². The second-order valence-electron chi connectivity index (χ2n) is 5.84. The summed E-state index contributed by atoms with van der Waals surface area (Å²) in [5.74, 6) is 0.0925. The number of nitrogens with zero attached hydrogens (tertiary/aromatic N) is 1. The lowest BCUT2D eigenvalue weighted by Crippen LogP contribution is -2.11. The third-order valence-corrected chi connectivity index (χ3v) is 4.18. The number of para-hydroxylation sites is 1. The first kappa shape index (κ1) is 17.7. The molecule has 0 unspecified atom stereocenters. The quantitative estimate of drug-likeness (QED) is 0.587. The molecule has 0 aliphatic carbocycles. The second-order valence-corrected chi connectivity index (χ2v) is 5.84. The van der Waals surface area contributed by atoms with Gasteiger partial charge in [-0.2, -0.15) is 0 Å². The van der Waals surface area contributed by atoms with E-state index >= 15 is 0 Å². The van der Waals surface area contributed by atoms with E-state index in [1.165, 1.54) is 12.1 Å². The average Bonchev–Trinajstić information content (AvgIpc) is 2.87. The molecule has 0 atom stereocenters. The Hall–Kier alpha value is -3.08. The monoisotopic (exact) mass is 353 g/mol. The molecule has 2 aromatic carbocycles. The van der Waals surface area contributed by atoms with Crippen molar-refractivity contribution in [1.82, 2.24) is 4.57 Å². The molecule has 0 aliphatic heterocycles. The van der Waals surface area contributed by atoms with Gasteiger partial charge in [0, 0.05) is 16.9 Å². The van der Waals surface area contributed by atoms with Crippen molar-refractivity contribution >= 4 is 6.16 Å². The van der Waals surface area contributed by atoms with E-state index in [-0.39, 0.29) is 12.4 Å². The summed E-state index contributed by atoms with van der Waals surface area (Å²) in [6.07, 6.45) is -0.760. The van der Waals surface area contributed by atoms with Crippen LogP contribution in [0.4, 0.5) is 9.18 Å². The summed E-state index contributed by atoms with van der Waals surface area (Å²) in [5, 5.41) is 0. The molecular weight excluding hydrogens is 333 g/mol. The fraction of sp³-hybridized carbons (Fsp3) is 0.190. The van der Waals surface area contributed by atoms with E-state index in [4.69, 9.17) is 9.47 Å². The van der Waals surface area contributed by atoms with Crippen molar-refractivity contribution in [3.8, 4) is 22.6 Å². The maximum atomic E-state index is 13.4. The van der Waals surface area contributed by atoms with Crippen molar-refractivity contribution < 1.29 is 18.7 Å². The Morgan fingerprint density at radius 1 is 1.00 bits per heavy atom. The van der Waals surface area contributed by atoms with Gasteiger partial charge in [-0.05, 0) is 50.6 Å². The van der Waals surface area contributed by atoms with Crippen molar-refractivity contribution in [3.63, 3.8) is 0 Å². The Kier molecular flexibility index (Phi) is 5.07. The maximum Gasteiger partial charge on any atom is 0.513 e. The molecule has 0 saturated carbocycles. The van der Waals surface area contributed by atoms with Crippen LogP contribution in [0.5, 0.6) is 5.75 Å². The van der Waals surface area contributed by atoms with E-state index in [0.29, 0.717) is 5.75 Å². The van der Waals surface area contributed by atoms with Crippen molar-refractivity contribution in [1.29, 1.82) is 0 Å². The van der Waals surface area contributed by atoms with Crippen LogP contribution >= 0.6 is 0 Å². The van der Waals surface area contributed by atoms with Gasteiger partial charge in [0.2, 0.25) is 0 Å². The average molecular weight is 353 g/mol. The molecule has 4 nitrogen and oxygen atoms in total. The van der Waals surface area contributed by atoms with Crippen LogP contribution in [0.15, 0.2) is 54.6 Å². The second kappa shape index (κ2) is 7.44. The lowest BCUT2D eigenvalue weighted by Gasteiger charge is -2.09. The molecule has 0 radical (unpaired) electrons. The lowest BCUT2D eigenvalue weighted by atomic mass is 10.1. The fourth-order valence-electron chi connectivity index (χ4n) is 3.09. The third kappa shape index (κ3) is 3.33. The normalized spacial score (nSPS) is 10.6. The number of halogens is 1. The zero-order chi connectivity index (χ0) is 18.7. The molecule has 26 heavy (non-hydrogen) atoms. The molecule has 0 amide bonds. The van der Waals surface area contributed by atoms with Crippen molar-refractivity contribution in [3.05, 3.63) is 71.8 Å². The molecule has 1 heterocycles. The van der Waals surface area contributed by atoms with Gasteiger partial charge in [0.15, 0.2) is 5.75 Å². The Bertz CT molecular complexity index is 915. The summed E-state index contributed by atoms with van der Waals surface area (Å²) in [6, 6.07) is 15.9. The number of carbonyl (C=O) groups is 1. The maximum absolute atomic E-state index is 13.4. The molecule has 3 aromatic rings. The smallest absolute Gasteiger partial charge is 0.434 e. The standard InChI is InChI=1S/C21H20FNO3/c1-4-25-21(24)26-20-15(3)23(18-8-6-5-7-9-18)14(2)19(20)16-10-12-17(22)13-11-16/h5-13H,4H2,1-3H3. The number of ether oxygens (including phenoxy) is 2. The molecule has 0 aliphatic rings. The Labute approximate surface area is 151 Å². The first-order chi connectivity index (χ1) is 12.5. The molecule has 0 bridgehead atoms. The Morgan fingerprint density at radius 2 is 1.65 bits per heavy atom. The lowest BCUT2D eigenvalue weighted by molar-refractivity contribution is 0.104. The minimum absolute atomic E-state index is 0.224. The van der Waals surface area contributed by atoms with Crippen molar-refractivity contribution in [2.45, 2.75) is 20.8 Å². The van der Waals surface area contributed by atoms with Crippen LogP contribution in [-0.2, 0) is 4.74 Å². The topological polar surface area (TPSA) is 40.5 Å². The van der Waals surface area contributed by atoms with Crippen LogP contribution < -0.4 is 4.74 Å². The summed E-state index contributed by atoms with van der Waals surface area (Å²) < 4.78 is 25.8. The Balaban J connectivity index is 2.20. The van der Waals surface area contributed by atoms with Crippen molar-refractivity contribution in [2.75, 3.05) is 6.61 Å². The van der Waals surface area contributed by atoms with Gasteiger partial charge in [0.05, 0.1) is 12.3 Å². The van der Waals surface area contributed by atoms with Crippen LogP contribution in [0.2, 0.25) is 0 Å². The highest BCUT2D eigenvalue weighted by Crippen LogP contribution is 2.40. The number of aromatic nitrogens is 1. The summed E-state index contributed by atoms with van der Waals surface area (Å²) in [6.45, 7) is 5.76. The number of hydrogen-bond acceptors (Lipinski definition) is 3. The van der Waals surface area contributed by atoms with Gasteiger partial charge in [-0.3, -0.25) is 0 Å². The SMILES string of the molecule is CCOC(=O)Oc1c(-c2ccc(F)cc2)c(C)n(-c2ccccc2)c1C. The molecule has 0 N–H and O–H groups in total. The van der Waals surface area contributed by atoms with Crippen LogP contribution in [0, 0.1) is 19.7 Å². The highest BCUT2D eigenvalue weighted by molar-refractivity contribution is 5.79. The van der Waals surface area contributed by atoms with E-state index in [1.807, 2.05) is 48.7 Å². The van der Waals surface area contributed by atoms with Gasteiger partial charge < -0.3 is 14.0 Å². The summed E-state index contributed by atoms with van der Waals surface area (Å²) in [4.78, 5) is 11.9. The molecule has 0 saturated heterocycles. The van der Waals surface area contributed by atoms with Gasteiger partial charge in [0.25, 0.3) is 0 Å². The highest BCUT2D eigenvalue weighted by Gasteiger charge is 2.24.